The van der Waals surface area contributed by atoms with Crippen molar-refractivity contribution in [3.05, 3.63) is 87.1 Å². The molecule has 3 aromatic rings. The number of carbonyl (C=O) groups excluding carboxylic acids is 2. The van der Waals surface area contributed by atoms with Crippen molar-refractivity contribution < 1.29 is 18.7 Å². The van der Waals surface area contributed by atoms with Crippen LogP contribution in [0.1, 0.15) is 29.3 Å². The van der Waals surface area contributed by atoms with Gasteiger partial charge in [-0.15, -0.1) is 0 Å². The van der Waals surface area contributed by atoms with E-state index in [4.69, 9.17) is 9.72 Å². The minimum atomic E-state index is -0.460. The van der Waals surface area contributed by atoms with E-state index in [0.717, 1.165) is 12.0 Å². The number of carbonyl (C=O) groups is 2. The number of hydrogen-bond acceptors (Lipinski definition) is 5. The maximum absolute atomic E-state index is 13.6. The quantitative estimate of drug-likeness (QED) is 0.561. The minimum Gasteiger partial charge on any atom is -0.450 e. The summed E-state index contributed by atoms with van der Waals surface area (Å²) in [4.78, 5) is 47.2. The molecule has 2 aliphatic heterocycles. The molecule has 2 amide bonds. The molecule has 5 rings (SSSR count). The van der Waals surface area contributed by atoms with E-state index < -0.39 is 11.9 Å². The van der Waals surface area contributed by atoms with Crippen LogP contribution < -0.4 is 5.56 Å². The lowest BCUT2D eigenvalue weighted by molar-refractivity contribution is -0.132. The molecule has 9 heteroatoms. The van der Waals surface area contributed by atoms with Crippen molar-refractivity contribution in [2.45, 2.75) is 39.4 Å². The van der Waals surface area contributed by atoms with Crippen molar-refractivity contribution in [2.75, 3.05) is 19.7 Å². The van der Waals surface area contributed by atoms with Crippen LogP contribution in [0.5, 0.6) is 0 Å². The van der Waals surface area contributed by atoms with E-state index >= 15 is 0 Å². The van der Waals surface area contributed by atoms with Gasteiger partial charge in [-0.05, 0) is 55.2 Å². The van der Waals surface area contributed by atoms with Crippen LogP contribution in [0.4, 0.5) is 9.18 Å². The summed E-state index contributed by atoms with van der Waals surface area (Å²) in [7, 11) is 0. The first kappa shape index (κ1) is 23.7. The lowest BCUT2D eigenvalue weighted by atomic mass is 10.00. The molecule has 0 saturated carbocycles. The Morgan fingerprint density at radius 1 is 0.972 bits per heavy atom. The van der Waals surface area contributed by atoms with Crippen LogP contribution in [0.15, 0.2) is 53.3 Å². The summed E-state index contributed by atoms with van der Waals surface area (Å²) in [6.07, 6.45) is 0.612. The Balaban J connectivity index is 1.49. The van der Waals surface area contributed by atoms with Gasteiger partial charge in [0.15, 0.2) is 0 Å². The lowest BCUT2D eigenvalue weighted by Gasteiger charge is -2.30. The van der Waals surface area contributed by atoms with E-state index in [1.165, 1.54) is 39.3 Å². The highest BCUT2D eigenvalue weighted by molar-refractivity contribution is 5.77. The van der Waals surface area contributed by atoms with Crippen molar-refractivity contribution >= 4 is 12.0 Å². The molecule has 36 heavy (non-hydrogen) atoms. The normalized spacial score (nSPS) is 14.7. The molecule has 0 atom stereocenters. The molecule has 0 unspecified atom stereocenters. The predicted molar refractivity (Wildman–Crippen MR) is 131 cm³/mol. The van der Waals surface area contributed by atoms with E-state index in [1.54, 1.807) is 11.8 Å². The standard InChI is InChI=1S/C27H27FN4O4/c1-2-36-27(35)31-14-12-22-23(16-31)29-25(19-7-9-21(28)10-8-19)32(26(22)34)17-24(33)30-13-11-18-5-3-4-6-20(18)15-30/h3-10H,2,11-17H2,1H3. The number of halogens is 1. The molecule has 1 aromatic heterocycles. The van der Waals surface area contributed by atoms with Crippen molar-refractivity contribution in [1.29, 1.82) is 0 Å². The van der Waals surface area contributed by atoms with Crippen molar-refractivity contribution in [3.63, 3.8) is 0 Å². The summed E-state index contributed by atoms with van der Waals surface area (Å²) >= 11 is 0. The number of amides is 2. The molecule has 0 radical (unpaired) electrons. The maximum atomic E-state index is 13.6. The summed E-state index contributed by atoms with van der Waals surface area (Å²) in [5, 5.41) is 0. The van der Waals surface area contributed by atoms with E-state index in [-0.39, 0.29) is 37.0 Å². The smallest absolute Gasteiger partial charge is 0.410 e. The number of fused-ring (bicyclic) bond motifs is 2. The van der Waals surface area contributed by atoms with Crippen molar-refractivity contribution in [2.24, 2.45) is 0 Å². The van der Waals surface area contributed by atoms with E-state index in [9.17, 15) is 18.8 Å². The molecular weight excluding hydrogens is 463 g/mol. The molecule has 186 valence electrons. The number of aromatic nitrogens is 2. The Bertz CT molecular complexity index is 1370. The third-order valence-electron chi connectivity index (χ3n) is 6.73. The number of ether oxygens (including phenoxy) is 1. The highest BCUT2D eigenvalue weighted by Crippen LogP contribution is 2.23. The van der Waals surface area contributed by atoms with Crippen LogP contribution in [0.3, 0.4) is 0 Å². The van der Waals surface area contributed by atoms with Crippen molar-refractivity contribution in [3.8, 4) is 11.4 Å². The third kappa shape index (κ3) is 4.60. The summed E-state index contributed by atoms with van der Waals surface area (Å²) in [6.45, 7) is 3.34. The molecule has 2 aliphatic rings. The van der Waals surface area contributed by atoms with Gasteiger partial charge < -0.3 is 14.5 Å². The minimum absolute atomic E-state index is 0.134. The van der Waals surface area contributed by atoms with Gasteiger partial charge in [-0.1, -0.05) is 24.3 Å². The Hall–Kier alpha value is -4.01. The van der Waals surface area contributed by atoms with Gasteiger partial charge in [0.25, 0.3) is 5.56 Å². The average molecular weight is 491 g/mol. The fourth-order valence-corrected chi connectivity index (χ4v) is 4.81. The van der Waals surface area contributed by atoms with Crippen LogP contribution in [-0.2, 0) is 42.0 Å². The molecule has 8 nitrogen and oxygen atoms in total. The van der Waals surface area contributed by atoms with Crippen LogP contribution >= 0.6 is 0 Å². The SMILES string of the molecule is CCOC(=O)N1CCc2c(nc(-c3ccc(F)cc3)n(CC(=O)N3CCc4ccccc4C3)c2=O)C1. The zero-order valence-electron chi connectivity index (χ0n) is 20.1. The molecule has 0 aliphatic carbocycles. The van der Waals surface area contributed by atoms with Gasteiger partial charge in [-0.2, -0.15) is 0 Å². The Morgan fingerprint density at radius 2 is 1.69 bits per heavy atom. The fourth-order valence-electron chi connectivity index (χ4n) is 4.81. The van der Waals surface area contributed by atoms with Gasteiger partial charge in [0, 0.05) is 30.8 Å². The Morgan fingerprint density at radius 3 is 2.44 bits per heavy atom. The number of benzene rings is 2. The first-order chi connectivity index (χ1) is 17.4. The van der Waals surface area contributed by atoms with Gasteiger partial charge in [0.05, 0.1) is 18.8 Å². The van der Waals surface area contributed by atoms with Gasteiger partial charge >= 0.3 is 6.09 Å². The zero-order valence-corrected chi connectivity index (χ0v) is 20.1. The Kier molecular flexibility index (Phi) is 6.54. The first-order valence-corrected chi connectivity index (χ1v) is 12.1. The summed E-state index contributed by atoms with van der Waals surface area (Å²) < 4.78 is 20.1. The molecule has 0 fully saturated rings. The van der Waals surface area contributed by atoms with E-state index in [1.807, 2.05) is 18.2 Å². The maximum Gasteiger partial charge on any atom is 0.410 e. The average Bonchev–Trinajstić information content (AvgIpc) is 2.90. The van der Waals surface area contributed by atoms with E-state index in [2.05, 4.69) is 6.07 Å². The molecule has 0 N–H and O–H groups in total. The van der Waals surface area contributed by atoms with Crippen LogP contribution in [0, 0.1) is 5.82 Å². The highest BCUT2D eigenvalue weighted by Gasteiger charge is 2.29. The number of hydrogen-bond donors (Lipinski definition) is 0. The predicted octanol–water partition coefficient (Wildman–Crippen LogP) is 3.15. The fraction of sp³-hybridized carbons (Fsp3) is 0.333. The zero-order chi connectivity index (χ0) is 25.2. The monoisotopic (exact) mass is 490 g/mol. The molecule has 3 heterocycles. The summed E-state index contributed by atoms with van der Waals surface area (Å²) in [6, 6.07) is 13.7. The summed E-state index contributed by atoms with van der Waals surface area (Å²) in [5.74, 6) is -0.321. The van der Waals surface area contributed by atoms with E-state index in [0.29, 0.717) is 42.9 Å². The topological polar surface area (TPSA) is 84.7 Å². The second kappa shape index (κ2) is 9.93. The Labute approximate surface area is 207 Å². The van der Waals surface area contributed by atoms with Gasteiger partial charge in [0.1, 0.15) is 18.2 Å². The molecular formula is C27H27FN4O4. The lowest BCUT2D eigenvalue weighted by Crippen LogP contribution is -2.43. The second-order valence-electron chi connectivity index (χ2n) is 8.96. The molecule has 0 spiro atoms. The van der Waals surface area contributed by atoms with Crippen molar-refractivity contribution in [1.82, 2.24) is 19.4 Å². The third-order valence-corrected chi connectivity index (χ3v) is 6.73. The number of nitrogens with zero attached hydrogens (tertiary/aromatic N) is 4. The van der Waals surface area contributed by atoms with Gasteiger partial charge in [-0.3, -0.25) is 14.2 Å². The largest absolute Gasteiger partial charge is 0.450 e. The van der Waals surface area contributed by atoms with Gasteiger partial charge in [0.2, 0.25) is 5.91 Å². The summed E-state index contributed by atoms with van der Waals surface area (Å²) in [5.41, 5.74) is 3.49. The molecule has 2 aromatic carbocycles. The van der Waals surface area contributed by atoms with Gasteiger partial charge in [-0.25, -0.2) is 14.2 Å². The van der Waals surface area contributed by atoms with Crippen LogP contribution in [0.25, 0.3) is 11.4 Å². The number of rotatable bonds is 4. The molecule has 0 saturated heterocycles. The highest BCUT2D eigenvalue weighted by atomic mass is 19.1. The first-order valence-electron chi connectivity index (χ1n) is 12.1. The van der Waals surface area contributed by atoms with Crippen LogP contribution in [0.2, 0.25) is 0 Å². The molecule has 0 bridgehead atoms. The van der Waals surface area contributed by atoms with Crippen LogP contribution in [-0.4, -0.2) is 51.0 Å². The second-order valence-corrected chi connectivity index (χ2v) is 8.96.